The maximum absolute atomic E-state index is 13.1. The van der Waals surface area contributed by atoms with E-state index in [9.17, 15) is 18.0 Å². The molecule has 0 spiro atoms. The van der Waals surface area contributed by atoms with Crippen molar-refractivity contribution in [2.75, 3.05) is 32.7 Å². The fourth-order valence-corrected chi connectivity index (χ4v) is 4.01. The second-order valence-corrected chi connectivity index (χ2v) is 7.96. The van der Waals surface area contributed by atoms with Crippen molar-refractivity contribution < 1.29 is 27.4 Å². The van der Waals surface area contributed by atoms with Crippen LogP contribution in [-0.4, -0.2) is 33.7 Å². The average molecular weight is 487 g/mol. The van der Waals surface area contributed by atoms with Crippen LogP contribution in [0.4, 0.5) is 18.9 Å². The van der Waals surface area contributed by atoms with Gasteiger partial charge in [-0.2, -0.15) is 13.2 Å². The van der Waals surface area contributed by atoms with Gasteiger partial charge in [-0.1, -0.05) is 48.5 Å². The summed E-state index contributed by atoms with van der Waals surface area (Å²) in [5.74, 6) is 0.859. The first-order valence-corrected chi connectivity index (χ1v) is 11.2. The highest BCUT2D eigenvalue weighted by atomic mass is 19.4. The van der Waals surface area contributed by atoms with Crippen molar-refractivity contribution in [2.24, 2.45) is 0 Å². The standard InChI is InChI=1S/C27H29F3N2O3/c1-31-26(33)25(20-11-5-4-6-12-20)32(22-14-15-23(34-2)24(18-22)35-3)16-8-10-19-9-7-13-21(17-19)27(28,29)30/h4-7,9,11-15,17-18,25H,8,10,16H2,1-3H3,(H,31,33)/t25-/m1/s1. The topological polar surface area (TPSA) is 50.8 Å². The molecule has 1 N–H and O–H groups in total. The summed E-state index contributed by atoms with van der Waals surface area (Å²) in [5, 5.41) is 2.74. The van der Waals surface area contributed by atoms with Gasteiger partial charge in [0, 0.05) is 25.3 Å². The largest absolute Gasteiger partial charge is 0.493 e. The minimum Gasteiger partial charge on any atom is -0.493 e. The molecular weight excluding hydrogens is 457 g/mol. The van der Waals surface area contributed by atoms with Crippen molar-refractivity contribution in [3.63, 3.8) is 0 Å². The predicted molar refractivity (Wildman–Crippen MR) is 130 cm³/mol. The number of hydrogen-bond acceptors (Lipinski definition) is 4. The molecule has 0 bridgehead atoms. The first kappa shape index (κ1) is 25.9. The number of alkyl halides is 3. The van der Waals surface area contributed by atoms with E-state index in [4.69, 9.17) is 9.47 Å². The minimum absolute atomic E-state index is 0.204. The molecule has 0 aromatic heterocycles. The second kappa shape index (κ2) is 11.6. The molecule has 5 nitrogen and oxygen atoms in total. The van der Waals surface area contributed by atoms with Crippen molar-refractivity contribution in [1.82, 2.24) is 5.32 Å². The van der Waals surface area contributed by atoms with E-state index >= 15 is 0 Å². The van der Waals surface area contributed by atoms with E-state index in [0.717, 1.165) is 17.3 Å². The number of benzene rings is 3. The Morgan fingerprint density at radius 3 is 2.29 bits per heavy atom. The Hall–Kier alpha value is -3.68. The maximum Gasteiger partial charge on any atom is 0.416 e. The van der Waals surface area contributed by atoms with Gasteiger partial charge in [0.25, 0.3) is 0 Å². The Morgan fingerprint density at radius 2 is 1.66 bits per heavy atom. The van der Waals surface area contributed by atoms with E-state index in [-0.39, 0.29) is 5.91 Å². The van der Waals surface area contributed by atoms with Crippen molar-refractivity contribution >= 4 is 11.6 Å². The van der Waals surface area contributed by atoms with Crippen LogP contribution in [0.15, 0.2) is 72.8 Å². The lowest BCUT2D eigenvalue weighted by Gasteiger charge is -2.33. The molecule has 1 amide bonds. The lowest BCUT2D eigenvalue weighted by atomic mass is 10.0. The predicted octanol–water partition coefficient (Wildman–Crippen LogP) is 5.65. The highest BCUT2D eigenvalue weighted by Crippen LogP contribution is 2.36. The van der Waals surface area contributed by atoms with E-state index in [2.05, 4.69) is 5.32 Å². The third-order valence-corrected chi connectivity index (χ3v) is 5.74. The van der Waals surface area contributed by atoms with Crippen molar-refractivity contribution in [3.8, 4) is 11.5 Å². The van der Waals surface area contributed by atoms with Crippen molar-refractivity contribution in [3.05, 3.63) is 89.5 Å². The maximum atomic E-state index is 13.1. The number of carbonyl (C=O) groups is 1. The Bertz CT molecular complexity index is 1120. The summed E-state index contributed by atoms with van der Waals surface area (Å²) >= 11 is 0. The zero-order chi connectivity index (χ0) is 25.4. The molecule has 8 heteroatoms. The number of hydrogen-bond donors (Lipinski definition) is 1. The number of methoxy groups -OCH3 is 2. The molecule has 3 aromatic carbocycles. The molecule has 0 heterocycles. The number of nitrogens with zero attached hydrogens (tertiary/aromatic N) is 1. The van der Waals surface area contributed by atoms with Crippen LogP contribution < -0.4 is 19.7 Å². The normalized spacial score (nSPS) is 12.1. The van der Waals surface area contributed by atoms with Crippen LogP contribution in [0, 0.1) is 0 Å². The quantitative estimate of drug-likeness (QED) is 0.403. The first-order valence-electron chi connectivity index (χ1n) is 11.2. The van der Waals surface area contributed by atoms with Gasteiger partial charge in [-0.15, -0.1) is 0 Å². The number of aryl methyl sites for hydroxylation is 1. The molecule has 3 aromatic rings. The summed E-state index contributed by atoms with van der Waals surface area (Å²) < 4.78 is 50.2. The molecule has 0 aliphatic rings. The third kappa shape index (κ3) is 6.47. The van der Waals surface area contributed by atoms with Gasteiger partial charge in [-0.05, 0) is 42.2 Å². The molecule has 0 fully saturated rings. The van der Waals surface area contributed by atoms with Crippen LogP contribution in [0.1, 0.15) is 29.2 Å². The van der Waals surface area contributed by atoms with Crippen LogP contribution in [0.3, 0.4) is 0 Å². The SMILES string of the molecule is CNC(=O)[C@@H](c1ccccc1)N(CCCc1cccc(C(F)(F)F)c1)c1ccc(OC)c(OC)c1. The van der Waals surface area contributed by atoms with E-state index < -0.39 is 17.8 Å². The fraction of sp³-hybridized carbons (Fsp3) is 0.296. The van der Waals surface area contributed by atoms with Crippen molar-refractivity contribution in [2.45, 2.75) is 25.1 Å². The third-order valence-electron chi connectivity index (χ3n) is 5.74. The van der Waals surface area contributed by atoms with Gasteiger partial charge < -0.3 is 19.7 Å². The molecule has 0 saturated carbocycles. The number of likely N-dealkylation sites (N-methyl/N-ethyl adjacent to an activating group) is 1. The van der Waals surface area contributed by atoms with Crippen LogP contribution in [0.5, 0.6) is 11.5 Å². The molecule has 0 aliphatic carbocycles. The fourth-order valence-electron chi connectivity index (χ4n) is 4.01. The lowest BCUT2D eigenvalue weighted by molar-refractivity contribution is -0.137. The summed E-state index contributed by atoms with van der Waals surface area (Å²) in [6.45, 7) is 0.415. The minimum atomic E-state index is -4.39. The van der Waals surface area contributed by atoms with Gasteiger partial charge in [-0.3, -0.25) is 4.79 Å². The van der Waals surface area contributed by atoms with Gasteiger partial charge >= 0.3 is 6.18 Å². The Kier molecular flexibility index (Phi) is 8.63. The van der Waals surface area contributed by atoms with Gasteiger partial charge in [0.15, 0.2) is 11.5 Å². The number of amides is 1. The number of ether oxygens (including phenoxy) is 2. The second-order valence-electron chi connectivity index (χ2n) is 7.96. The van der Waals surface area contributed by atoms with Crippen molar-refractivity contribution in [1.29, 1.82) is 0 Å². The summed E-state index contributed by atoms with van der Waals surface area (Å²) in [5.41, 5.74) is 1.44. The smallest absolute Gasteiger partial charge is 0.416 e. The first-order chi connectivity index (χ1) is 16.8. The van der Waals surface area contributed by atoms with Crippen LogP contribution >= 0.6 is 0 Å². The molecule has 0 radical (unpaired) electrons. The molecule has 35 heavy (non-hydrogen) atoms. The van der Waals surface area contributed by atoms with E-state index in [1.54, 1.807) is 32.4 Å². The Morgan fingerprint density at radius 1 is 0.943 bits per heavy atom. The average Bonchev–Trinajstić information content (AvgIpc) is 2.87. The van der Waals surface area contributed by atoms with E-state index in [1.165, 1.54) is 19.2 Å². The Balaban J connectivity index is 1.94. The van der Waals surface area contributed by atoms with Crippen LogP contribution in [0.2, 0.25) is 0 Å². The molecule has 0 saturated heterocycles. The number of nitrogens with one attached hydrogen (secondary N) is 1. The lowest BCUT2D eigenvalue weighted by Crippen LogP contribution is -2.40. The van der Waals surface area contributed by atoms with Gasteiger partial charge in [-0.25, -0.2) is 0 Å². The number of halogens is 3. The van der Waals surface area contributed by atoms with Crippen LogP contribution in [0.25, 0.3) is 0 Å². The summed E-state index contributed by atoms with van der Waals surface area (Å²) in [4.78, 5) is 15.0. The molecule has 1 atom stereocenters. The van der Waals surface area contributed by atoms with Crippen LogP contribution in [-0.2, 0) is 17.4 Å². The van der Waals surface area contributed by atoms with Gasteiger partial charge in [0.1, 0.15) is 6.04 Å². The Labute approximate surface area is 203 Å². The number of carbonyl (C=O) groups excluding carboxylic acids is 1. The summed E-state index contributed by atoms with van der Waals surface area (Å²) in [6.07, 6.45) is -3.45. The monoisotopic (exact) mass is 486 g/mol. The molecule has 186 valence electrons. The zero-order valence-corrected chi connectivity index (χ0v) is 19.9. The number of rotatable bonds is 10. The summed E-state index contributed by atoms with van der Waals surface area (Å²) in [7, 11) is 4.66. The summed E-state index contributed by atoms with van der Waals surface area (Å²) in [6, 6.07) is 19.4. The molecule has 0 unspecified atom stereocenters. The molecular formula is C27H29F3N2O3. The zero-order valence-electron chi connectivity index (χ0n) is 19.9. The highest BCUT2D eigenvalue weighted by Gasteiger charge is 2.31. The van der Waals surface area contributed by atoms with E-state index in [1.807, 2.05) is 41.3 Å². The highest BCUT2D eigenvalue weighted by molar-refractivity contribution is 5.86. The number of anilines is 1. The molecule has 0 aliphatic heterocycles. The van der Waals surface area contributed by atoms with Gasteiger partial charge in [0.05, 0.1) is 19.8 Å². The van der Waals surface area contributed by atoms with Gasteiger partial charge in [0.2, 0.25) is 5.91 Å². The van der Waals surface area contributed by atoms with E-state index in [0.29, 0.717) is 36.4 Å². The molecule has 3 rings (SSSR count).